The molecule has 0 saturated carbocycles. The van der Waals surface area contributed by atoms with Crippen LogP contribution in [0.15, 0.2) is 0 Å². The van der Waals surface area contributed by atoms with Gasteiger partial charge in [0.2, 0.25) is 5.91 Å². The van der Waals surface area contributed by atoms with Crippen LogP contribution in [-0.4, -0.2) is 65.7 Å². The standard InChI is InChI=1S/C36H68N2O7S/c1-3-5-7-9-11-13-15-17-21-25-34(41)44-28-31(45-35(42)26-22-18-16-14-12-10-8-6-4-2)29-46-30-32(37)36(43)38-27-23-19-20-24-33(39)40/h31-32H,3-30,37H2,1-2H3,(H,38,43)(H,39,40)/t31-,32-/m1/s1. The van der Waals surface area contributed by atoms with Crippen LogP contribution in [0.1, 0.15) is 168 Å². The maximum absolute atomic E-state index is 12.6. The Labute approximate surface area is 284 Å². The van der Waals surface area contributed by atoms with Crippen LogP contribution in [-0.2, 0) is 28.7 Å². The van der Waals surface area contributed by atoms with E-state index in [4.69, 9.17) is 20.3 Å². The topological polar surface area (TPSA) is 145 Å². The normalized spacial score (nSPS) is 12.4. The Bertz CT molecular complexity index is 769. The van der Waals surface area contributed by atoms with Crippen LogP contribution in [0.4, 0.5) is 0 Å². The monoisotopic (exact) mass is 672 g/mol. The molecule has 0 aromatic carbocycles. The number of rotatable bonds is 34. The minimum absolute atomic E-state index is 0.00450. The first kappa shape index (κ1) is 44.2. The number of ether oxygens (including phenoxy) is 2. The van der Waals surface area contributed by atoms with E-state index in [1.165, 1.54) is 88.8 Å². The minimum Gasteiger partial charge on any atom is -0.481 e. The zero-order valence-electron chi connectivity index (χ0n) is 29.3. The maximum atomic E-state index is 12.6. The third kappa shape index (κ3) is 30.8. The van der Waals surface area contributed by atoms with Crippen LogP contribution >= 0.6 is 11.8 Å². The molecule has 0 aliphatic rings. The summed E-state index contributed by atoms with van der Waals surface area (Å²) in [6.45, 7) is 4.89. The lowest BCUT2D eigenvalue weighted by Crippen LogP contribution is -2.43. The number of amides is 1. The Morgan fingerprint density at radius 1 is 0.630 bits per heavy atom. The van der Waals surface area contributed by atoms with E-state index in [1.54, 1.807) is 0 Å². The lowest BCUT2D eigenvalue weighted by molar-refractivity contribution is -0.157. The van der Waals surface area contributed by atoms with Gasteiger partial charge in [0.15, 0.2) is 0 Å². The number of carboxylic acids is 1. The van der Waals surface area contributed by atoms with Gasteiger partial charge in [0.25, 0.3) is 0 Å². The number of esters is 2. The molecule has 2 atom stereocenters. The SMILES string of the molecule is CCCCCCCCCCCC(=O)OC[C@H](CSC[C@@H](N)C(=O)NCCCCCC(=O)O)OC(=O)CCCCCCCCCCC. The first-order valence-electron chi connectivity index (χ1n) is 18.5. The fraction of sp³-hybridized carbons (Fsp3) is 0.889. The predicted molar refractivity (Wildman–Crippen MR) is 189 cm³/mol. The fourth-order valence-electron chi connectivity index (χ4n) is 5.10. The highest BCUT2D eigenvalue weighted by atomic mass is 32.2. The number of nitrogens with one attached hydrogen (secondary N) is 1. The largest absolute Gasteiger partial charge is 0.481 e. The third-order valence-corrected chi connectivity index (χ3v) is 9.20. The van der Waals surface area contributed by atoms with Crippen molar-refractivity contribution in [2.45, 2.75) is 180 Å². The van der Waals surface area contributed by atoms with Gasteiger partial charge in [0, 0.05) is 37.3 Å². The molecule has 0 aromatic rings. The molecule has 0 rings (SSSR count). The minimum atomic E-state index is -0.816. The number of carboxylic acid groups (broad SMARTS) is 1. The van der Waals surface area contributed by atoms with E-state index in [1.807, 2.05) is 0 Å². The quantitative estimate of drug-likeness (QED) is 0.0456. The van der Waals surface area contributed by atoms with E-state index >= 15 is 0 Å². The van der Waals surface area contributed by atoms with Gasteiger partial charge in [0.05, 0.1) is 6.04 Å². The molecule has 9 nitrogen and oxygen atoms in total. The van der Waals surface area contributed by atoms with Gasteiger partial charge >= 0.3 is 17.9 Å². The first-order chi connectivity index (χ1) is 22.3. The Morgan fingerprint density at radius 2 is 1.09 bits per heavy atom. The molecule has 0 radical (unpaired) electrons. The summed E-state index contributed by atoms with van der Waals surface area (Å²) >= 11 is 1.40. The molecule has 0 spiro atoms. The molecule has 4 N–H and O–H groups in total. The molecule has 0 saturated heterocycles. The summed E-state index contributed by atoms with van der Waals surface area (Å²) in [5.41, 5.74) is 6.06. The number of thioether (sulfide) groups is 1. The molecule has 1 amide bonds. The van der Waals surface area contributed by atoms with Crippen LogP contribution in [0.3, 0.4) is 0 Å². The van der Waals surface area contributed by atoms with E-state index < -0.39 is 18.1 Å². The predicted octanol–water partition coefficient (Wildman–Crippen LogP) is 8.10. The van der Waals surface area contributed by atoms with Crippen molar-refractivity contribution in [2.24, 2.45) is 5.73 Å². The Morgan fingerprint density at radius 3 is 1.61 bits per heavy atom. The highest BCUT2D eigenvalue weighted by Crippen LogP contribution is 2.14. The van der Waals surface area contributed by atoms with Crippen molar-refractivity contribution in [1.29, 1.82) is 0 Å². The van der Waals surface area contributed by atoms with Crippen molar-refractivity contribution < 1.29 is 33.8 Å². The van der Waals surface area contributed by atoms with Gasteiger partial charge in [-0.25, -0.2) is 0 Å². The van der Waals surface area contributed by atoms with E-state index in [9.17, 15) is 19.2 Å². The lowest BCUT2D eigenvalue weighted by Gasteiger charge is -2.19. The second kappa shape index (κ2) is 33.1. The number of hydrogen-bond donors (Lipinski definition) is 3. The van der Waals surface area contributed by atoms with Gasteiger partial charge in [-0.1, -0.05) is 123 Å². The zero-order valence-corrected chi connectivity index (χ0v) is 30.2. The van der Waals surface area contributed by atoms with Crippen LogP contribution < -0.4 is 11.1 Å². The molecular weight excluding hydrogens is 604 g/mol. The van der Waals surface area contributed by atoms with Gasteiger partial charge < -0.3 is 25.6 Å². The van der Waals surface area contributed by atoms with Crippen molar-refractivity contribution in [3.63, 3.8) is 0 Å². The lowest BCUT2D eigenvalue weighted by atomic mass is 10.1. The molecule has 0 aliphatic carbocycles. The fourth-order valence-corrected chi connectivity index (χ4v) is 6.07. The summed E-state index contributed by atoms with van der Waals surface area (Å²) in [6.07, 6.45) is 23.3. The number of hydrogen-bond acceptors (Lipinski definition) is 8. The van der Waals surface area contributed by atoms with Gasteiger partial charge in [-0.2, -0.15) is 11.8 Å². The van der Waals surface area contributed by atoms with Gasteiger partial charge in [-0.15, -0.1) is 0 Å². The molecule has 0 bridgehead atoms. The molecule has 0 aliphatic heterocycles. The summed E-state index contributed by atoms with van der Waals surface area (Å²) in [5, 5.41) is 11.5. The number of aliphatic carboxylic acids is 1. The van der Waals surface area contributed by atoms with Crippen molar-refractivity contribution in [3.8, 4) is 0 Å². The zero-order chi connectivity index (χ0) is 34.1. The van der Waals surface area contributed by atoms with E-state index in [-0.39, 0.29) is 30.9 Å². The highest BCUT2D eigenvalue weighted by Gasteiger charge is 2.19. The van der Waals surface area contributed by atoms with E-state index in [0.717, 1.165) is 44.9 Å². The summed E-state index contributed by atoms with van der Waals surface area (Å²) < 4.78 is 11.2. The molecular formula is C36H68N2O7S. The van der Waals surface area contributed by atoms with Crippen LogP contribution in [0.5, 0.6) is 0 Å². The van der Waals surface area contributed by atoms with Crippen LogP contribution in [0, 0.1) is 0 Å². The average molecular weight is 673 g/mol. The highest BCUT2D eigenvalue weighted by molar-refractivity contribution is 7.99. The molecule has 46 heavy (non-hydrogen) atoms. The van der Waals surface area contributed by atoms with E-state index in [0.29, 0.717) is 43.7 Å². The number of carbonyl (C=O) groups is 4. The van der Waals surface area contributed by atoms with Crippen LogP contribution in [0.25, 0.3) is 0 Å². The Hall–Kier alpha value is -1.81. The second-order valence-electron chi connectivity index (χ2n) is 12.6. The van der Waals surface area contributed by atoms with Crippen molar-refractivity contribution in [1.82, 2.24) is 5.32 Å². The molecule has 270 valence electrons. The van der Waals surface area contributed by atoms with Gasteiger partial charge in [-0.05, 0) is 25.7 Å². The van der Waals surface area contributed by atoms with Gasteiger partial charge in [-0.3, -0.25) is 19.2 Å². The average Bonchev–Trinajstić information content (AvgIpc) is 3.03. The molecule has 0 fully saturated rings. The van der Waals surface area contributed by atoms with E-state index in [2.05, 4.69) is 19.2 Å². The summed E-state index contributed by atoms with van der Waals surface area (Å²) in [7, 11) is 0. The third-order valence-electron chi connectivity index (χ3n) is 8.00. The Kier molecular flexibility index (Phi) is 31.8. The van der Waals surface area contributed by atoms with Crippen molar-refractivity contribution in [3.05, 3.63) is 0 Å². The number of unbranched alkanes of at least 4 members (excludes halogenated alkanes) is 18. The number of nitrogens with two attached hydrogens (primary N) is 1. The molecule has 10 heteroatoms. The summed E-state index contributed by atoms with van der Waals surface area (Å²) in [4.78, 5) is 47.9. The Balaban J connectivity index is 4.47. The first-order valence-corrected chi connectivity index (χ1v) is 19.6. The maximum Gasteiger partial charge on any atom is 0.306 e. The van der Waals surface area contributed by atoms with Crippen LogP contribution in [0.2, 0.25) is 0 Å². The molecule has 0 heterocycles. The van der Waals surface area contributed by atoms with Gasteiger partial charge in [0.1, 0.15) is 12.7 Å². The van der Waals surface area contributed by atoms with Crippen molar-refractivity contribution in [2.75, 3.05) is 24.7 Å². The smallest absolute Gasteiger partial charge is 0.306 e. The molecule has 0 unspecified atom stereocenters. The summed E-state index contributed by atoms with van der Waals surface area (Å²) in [6, 6.07) is -0.725. The van der Waals surface area contributed by atoms with Crippen molar-refractivity contribution >= 4 is 35.6 Å². The number of carbonyl (C=O) groups excluding carboxylic acids is 3. The second-order valence-corrected chi connectivity index (χ2v) is 13.7. The molecule has 0 aromatic heterocycles. The summed E-state index contributed by atoms with van der Waals surface area (Å²) in [5.74, 6) is -0.920.